The van der Waals surface area contributed by atoms with Gasteiger partial charge in [-0.05, 0) is 44.6 Å². The van der Waals surface area contributed by atoms with Crippen molar-refractivity contribution in [3.8, 4) is 0 Å². The second-order valence-corrected chi connectivity index (χ2v) is 5.04. The smallest absolute Gasteiger partial charge is 0.308 e. The van der Waals surface area contributed by atoms with Gasteiger partial charge in [0.1, 0.15) is 0 Å². The highest BCUT2D eigenvalue weighted by Gasteiger charge is 2.51. The van der Waals surface area contributed by atoms with E-state index < -0.39 is 5.97 Å². The Balaban J connectivity index is 1.90. The van der Waals surface area contributed by atoms with Gasteiger partial charge < -0.3 is 5.11 Å². The molecule has 4 bridgehead atoms. The Morgan fingerprint density at radius 3 is 2.93 bits per heavy atom. The van der Waals surface area contributed by atoms with Gasteiger partial charge in [0.05, 0.1) is 5.92 Å². The molecule has 78 valence electrons. The van der Waals surface area contributed by atoms with Gasteiger partial charge in [0.2, 0.25) is 0 Å². The second-order valence-electron chi connectivity index (χ2n) is 5.04. The Bertz CT molecular complexity index is 266. The fourth-order valence-corrected chi connectivity index (χ4v) is 3.95. The zero-order valence-electron chi connectivity index (χ0n) is 8.35. The van der Waals surface area contributed by atoms with Crippen molar-refractivity contribution in [3.63, 3.8) is 0 Å². The highest BCUT2D eigenvalue weighted by molar-refractivity contribution is 5.71. The van der Waals surface area contributed by atoms with Crippen LogP contribution in [0, 0.1) is 11.8 Å². The molecule has 0 aromatic carbocycles. The van der Waals surface area contributed by atoms with Crippen molar-refractivity contribution < 1.29 is 9.90 Å². The van der Waals surface area contributed by atoms with Gasteiger partial charge in [0.15, 0.2) is 0 Å². The second kappa shape index (κ2) is 2.96. The molecule has 3 saturated heterocycles. The Hall–Kier alpha value is -0.570. The lowest BCUT2D eigenvalue weighted by Crippen LogP contribution is -2.51. The number of aliphatic carboxylic acids is 1. The molecule has 0 aliphatic carbocycles. The van der Waals surface area contributed by atoms with Gasteiger partial charge in [-0.25, -0.2) is 0 Å². The minimum Gasteiger partial charge on any atom is -0.481 e. The van der Waals surface area contributed by atoms with Crippen LogP contribution in [-0.2, 0) is 4.79 Å². The average molecular weight is 195 g/mol. The maximum atomic E-state index is 11.1. The number of hydrogen-bond donors (Lipinski definition) is 1. The summed E-state index contributed by atoms with van der Waals surface area (Å²) in [4.78, 5) is 13.6. The van der Waals surface area contributed by atoms with E-state index in [4.69, 9.17) is 0 Å². The van der Waals surface area contributed by atoms with Crippen LogP contribution in [0.5, 0.6) is 0 Å². The molecular weight excluding hydrogens is 178 g/mol. The third-order valence-electron chi connectivity index (χ3n) is 4.44. The van der Waals surface area contributed by atoms with E-state index in [0.29, 0.717) is 12.0 Å². The minimum absolute atomic E-state index is 0.0703. The largest absolute Gasteiger partial charge is 0.481 e. The van der Waals surface area contributed by atoms with E-state index in [9.17, 15) is 9.90 Å². The summed E-state index contributed by atoms with van der Waals surface area (Å²) in [5.74, 6) is 0.0589. The van der Waals surface area contributed by atoms with Crippen molar-refractivity contribution >= 4 is 5.97 Å². The molecule has 0 spiro atoms. The van der Waals surface area contributed by atoms with Crippen molar-refractivity contribution in [1.82, 2.24) is 4.90 Å². The van der Waals surface area contributed by atoms with Crippen LogP contribution < -0.4 is 0 Å². The zero-order valence-corrected chi connectivity index (χ0v) is 8.35. The normalized spacial score (nSPS) is 50.4. The summed E-state index contributed by atoms with van der Waals surface area (Å²) in [6.45, 7) is 1.15. The Morgan fingerprint density at radius 1 is 1.29 bits per heavy atom. The molecule has 5 atom stereocenters. The van der Waals surface area contributed by atoms with Gasteiger partial charge >= 0.3 is 5.97 Å². The van der Waals surface area contributed by atoms with E-state index in [1.54, 1.807) is 0 Å². The molecule has 14 heavy (non-hydrogen) atoms. The molecule has 3 nitrogen and oxygen atoms in total. The molecule has 5 unspecified atom stereocenters. The predicted molar refractivity (Wildman–Crippen MR) is 52.0 cm³/mol. The molecule has 0 saturated carbocycles. The first-order chi connectivity index (χ1) is 6.77. The molecule has 3 rings (SSSR count). The molecule has 3 fully saturated rings. The van der Waals surface area contributed by atoms with E-state index in [2.05, 4.69) is 4.90 Å². The molecule has 3 aliphatic heterocycles. The summed E-state index contributed by atoms with van der Waals surface area (Å²) in [5, 5.41) is 9.19. The maximum absolute atomic E-state index is 11.1. The van der Waals surface area contributed by atoms with Crippen molar-refractivity contribution in [2.75, 3.05) is 6.54 Å². The number of carbonyl (C=O) groups is 1. The maximum Gasteiger partial charge on any atom is 0.308 e. The fraction of sp³-hybridized carbons (Fsp3) is 0.909. The standard InChI is InChI=1S/C11H17NO2/c13-11(14)9-4-3-8-6-7-2-1-5-12(8)10(7)9/h7-10H,1-6H2,(H,13,14). The van der Waals surface area contributed by atoms with Crippen LogP contribution in [0.4, 0.5) is 0 Å². The van der Waals surface area contributed by atoms with Crippen molar-refractivity contribution in [2.24, 2.45) is 11.8 Å². The molecule has 0 aromatic heterocycles. The highest BCUT2D eigenvalue weighted by Crippen LogP contribution is 2.47. The van der Waals surface area contributed by atoms with Crippen LogP contribution in [0.2, 0.25) is 0 Å². The zero-order chi connectivity index (χ0) is 9.71. The molecule has 3 aliphatic rings. The molecule has 3 heteroatoms. The van der Waals surface area contributed by atoms with Gasteiger partial charge in [-0.1, -0.05) is 0 Å². The van der Waals surface area contributed by atoms with Crippen LogP contribution in [0.3, 0.4) is 0 Å². The Labute approximate surface area is 84.1 Å². The first-order valence-electron chi connectivity index (χ1n) is 5.76. The topological polar surface area (TPSA) is 40.5 Å². The SMILES string of the molecule is O=C(O)C1CCC2CC3CCCN2C31. The van der Waals surface area contributed by atoms with Crippen LogP contribution in [-0.4, -0.2) is 34.6 Å². The van der Waals surface area contributed by atoms with Gasteiger partial charge in [-0.15, -0.1) is 0 Å². The van der Waals surface area contributed by atoms with E-state index in [1.807, 2.05) is 0 Å². The first kappa shape index (κ1) is 8.72. The first-order valence-corrected chi connectivity index (χ1v) is 5.76. The Morgan fingerprint density at radius 2 is 2.14 bits per heavy atom. The minimum atomic E-state index is -0.563. The monoisotopic (exact) mass is 195 g/mol. The third-order valence-corrected chi connectivity index (χ3v) is 4.44. The summed E-state index contributed by atoms with van der Waals surface area (Å²) < 4.78 is 0. The molecule has 0 aromatic rings. The number of hydrogen-bond acceptors (Lipinski definition) is 2. The number of rotatable bonds is 1. The van der Waals surface area contributed by atoms with Crippen LogP contribution in [0.25, 0.3) is 0 Å². The lowest BCUT2D eigenvalue weighted by molar-refractivity contribution is -0.147. The highest BCUT2D eigenvalue weighted by atomic mass is 16.4. The number of piperidine rings is 2. The van der Waals surface area contributed by atoms with Crippen LogP contribution in [0.1, 0.15) is 32.1 Å². The van der Waals surface area contributed by atoms with Crippen molar-refractivity contribution in [2.45, 2.75) is 44.2 Å². The van der Waals surface area contributed by atoms with Gasteiger partial charge in [0, 0.05) is 12.1 Å². The van der Waals surface area contributed by atoms with Crippen LogP contribution in [0.15, 0.2) is 0 Å². The van der Waals surface area contributed by atoms with Gasteiger partial charge in [-0.2, -0.15) is 0 Å². The van der Waals surface area contributed by atoms with Gasteiger partial charge in [-0.3, -0.25) is 9.69 Å². The van der Waals surface area contributed by atoms with Crippen LogP contribution >= 0.6 is 0 Å². The summed E-state index contributed by atoms with van der Waals surface area (Å²) in [6.07, 6.45) is 5.85. The molecule has 0 amide bonds. The third kappa shape index (κ3) is 1.05. The number of nitrogens with zero attached hydrogens (tertiary/aromatic N) is 1. The van der Waals surface area contributed by atoms with E-state index in [-0.39, 0.29) is 5.92 Å². The molecule has 1 N–H and O–H groups in total. The predicted octanol–water partition coefficient (Wildman–Crippen LogP) is 1.33. The van der Waals surface area contributed by atoms with Crippen molar-refractivity contribution in [1.29, 1.82) is 0 Å². The van der Waals surface area contributed by atoms with E-state index in [0.717, 1.165) is 25.4 Å². The van der Waals surface area contributed by atoms with Crippen molar-refractivity contribution in [3.05, 3.63) is 0 Å². The summed E-state index contributed by atoms with van der Waals surface area (Å²) in [7, 11) is 0. The Kier molecular flexibility index (Phi) is 1.84. The molecule has 0 radical (unpaired) electrons. The van der Waals surface area contributed by atoms with E-state index in [1.165, 1.54) is 19.3 Å². The lowest BCUT2D eigenvalue weighted by atomic mass is 9.82. The number of carboxylic acid groups (broad SMARTS) is 1. The van der Waals surface area contributed by atoms with E-state index >= 15 is 0 Å². The fourth-order valence-electron chi connectivity index (χ4n) is 3.95. The molecular formula is C11H17NO2. The summed E-state index contributed by atoms with van der Waals surface area (Å²) in [5.41, 5.74) is 0. The summed E-state index contributed by atoms with van der Waals surface area (Å²) in [6, 6.07) is 1.11. The van der Waals surface area contributed by atoms with Gasteiger partial charge in [0.25, 0.3) is 0 Å². The lowest BCUT2D eigenvalue weighted by Gasteiger charge is -2.42. The quantitative estimate of drug-likeness (QED) is 0.686. The number of carboxylic acids is 1. The molecule has 3 heterocycles. The average Bonchev–Trinajstić information content (AvgIpc) is 2.40. The summed E-state index contributed by atoms with van der Waals surface area (Å²) >= 11 is 0.